The lowest BCUT2D eigenvalue weighted by atomic mass is 9.66. The van der Waals surface area contributed by atoms with Gasteiger partial charge in [0.05, 0.1) is 48.3 Å². The van der Waals surface area contributed by atoms with Gasteiger partial charge in [0.25, 0.3) is 0 Å². The van der Waals surface area contributed by atoms with Crippen molar-refractivity contribution in [3.63, 3.8) is 0 Å². The zero-order valence-electron chi connectivity index (χ0n) is 23.1. The summed E-state index contributed by atoms with van der Waals surface area (Å²) in [6.45, 7) is 15.4. The van der Waals surface area contributed by atoms with Gasteiger partial charge in [-0.15, -0.1) is 0 Å². The van der Waals surface area contributed by atoms with Crippen LogP contribution in [0.25, 0.3) is 10.8 Å². The fraction of sp³-hybridized carbons (Fsp3) is 0.382. The number of nitriles is 1. The molecule has 0 aliphatic carbocycles. The molecule has 4 aliphatic rings. The van der Waals surface area contributed by atoms with Crippen molar-refractivity contribution in [1.29, 1.82) is 5.26 Å². The second kappa shape index (κ2) is 9.40. The maximum absolute atomic E-state index is 9.68. The van der Waals surface area contributed by atoms with Crippen LogP contribution in [0.5, 0.6) is 5.75 Å². The normalized spacial score (nSPS) is 29.2. The molecule has 0 N–H and O–H groups in total. The number of morpholine rings is 1. The van der Waals surface area contributed by atoms with Crippen LogP contribution in [-0.4, -0.2) is 44.1 Å². The van der Waals surface area contributed by atoms with Crippen molar-refractivity contribution in [3.05, 3.63) is 90.8 Å². The van der Waals surface area contributed by atoms with Gasteiger partial charge < -0.3 is 24.0 Å². The number of hydrogen-bond acceptors (Lipinski definition) is 6. The molecule has 4 fully saturated rings. The van der Waals surface area contributed by atoms with Crippen LogP contribution in [0.15, 0.2) is 85.2 Å². The van der Waals surface area contributed by atoms with Gasteiger partial charge in [0.15, 0.2) is 0 Å². The van der Waals surface area contributed by atoms with Gasteiger partial charge in [-0.3, -0.25) is 0 Å². The number of ether oxygens (including phenoxy) is 3. The van der Waals surface area contributed by atoms with Gasteiger partial charge in [-0.1, -0.05) is 43.5 Å². The highest BCUT2D eigenvalue weighted by Crippen LogP contribution is 2.67. The summed E-state index contributed by atoms with van der Waals surface area (Å²) in [5.74, 6) is 1.18. The second-order valence-corrected chi connectivity index (χ2v) is 11.7. The first kappa shape index (κ1) is 25.2. The Morgan fingerprint density at radius 2 is 1.75 bits per heavy atom. The van der Waals surface area contributed by atoms with Gasteiger partial charge >= 0.3 is 0 Å². The van der Waals surface area contributed by atoms with Gasteiger partial charge in [-0.2, -0.15) is 5.26 Å². The highest BCUT2D eigenvalue weighted by atomic mass is 16.5. The molecule has 3 aromatic rings. The molecule has 0 amide bonds. The van der Waals surface area contributed by atoms with Crippen LogP contribution >= 0.6 is 0 Å². The molecular weight excluding hydrogens is 498 g/mol. The van der Waals surface area contributed by atoms with Gasteiger partial charge in [-0.25, -0.2) is 0 Å². The number of rotatable bonds is 6. The standard InChI is InChI=1S/C34H35N3O3/c1-23-31-32(24(2)37(23)30-12-11-25(22-35)28-9-4-5-10-29(28)30)34(14-13-33(31,3)40-34)15-18-39-27-8-6-7-26(21-27)36-16-19-38-20-17-36/h4-12,21,31-32H,1-2,13-20H2,3H3/t31-,32+,33+,34+/m0/s1. The Bertz CT molecular complexity index is 1550. The average Bonchev–Trinajstić information content (AvgIpc) is 3.57. The Morgan fingerprint density at radius 3 is 2.55 bits per heavy atom. The van der Waals surface area contributed by atoms with E-state index in [4.69, 9.17) is 14.2 Å². The Balaban J connectivity index is 1.14. The summed E-state index contributed by atoms with van der Waals surface area (Å²) in [7, 11) is 0. The first-order chi connectivity index (χ1) is 19.4. The van der Waals surface area contributed by atoms with Crippen LogP contribution in [0.2, 0.25) is 0 Å². The van der Waals surface area contributed by atoms with Crippen molar-refractivity contribution in [2.75, 3.05) is 42.7 Å². The van der Waals surface area contributed by atoms with Crippen molar-refractivity contribution >= 4 is 22.1 Å². The van der Waals surface area contributed by atoms with E-state index in [9.17, 15) is 5.26 Å². The smallest absolute Gasteiger partial charge is 0.121 e. The maximum Gasteiger partial charge on any atom is 0.121 e. The first-order valence-corrected chi connectivity index (χ1v) is 14.3. The zero-order chi connectivity index (χ0) is 27.5. The number of hydrogen-bond donors (Lipinski definition) is 0. The van der Waals surface area contributed by atoms with Crippen LogP contribution in [0, 0.1) is 23.2 Å². The first-order valence-electron chi connectivity index (χ1n) is 14.3. The van der Waals surface area contributed by atoms with E-state index in [0.29, 0.717) is 12.2 Å². The minimum absolute atomic E-state index is 0.136. The molecule has 3 aromatic carbocycles. The minimum atomic E-state index is -0.335. The van der Waals surface area contributed by atoms with Crippen molar-refractivity contribution in [2.24, 2.45) is 11.8 Å². The lowest BCUT2D eigenvalue weighted by molar-refractivity contribution is -0.0606. The molecule has 40 heavy (non-hydrogen) atoms. The van der Waals surface area contributed by atoms with E-state index in [1.807, 2.05) is 36.4 Å². The predicted octanol–water partition coefficient (Wildman–Crippen LogP) is 6.42. The molecule has 0 saturated carbocycles. The molecular formula is C34H35N3O3. The third kappa shape index (κ3) is 3.76. The largest absolute Gasteiger partial charge is 0.493 e. The zero-order valence-corrected chi connectivity index (χ0v) is 23.1. The van der Waals surface area contributed by atoms with Crippen LogP contribution < -0.4 is 14.5 Å². The number of nitrogens with zero attached hydrogens (tertiary/aromatic N) is 3. The van der Waals surface area contributed by atoms with Crippen LogP contribution in [0.1, 0.15) is 31.7 Å². The molecule has 7 rings (SSSR count). The van der Waals surface area contributed by atoms with Crippen molar-refractivity contribution in [2.45, 2.75) is 37.4 Å². The molecule has 0 unspecified atom stereocenters. The summed E-state index contributed by atoms with van der Waals surface area (Å²) in [5.41, 5.74) is 4.34. The summed E-state index contributed by atoms with van der Waals surface area (Å²) in [6.07, 6.45) is 2.77. The Hall–Kier alpha value is -3.79. The van der Waals surface area contributed by atoms with E-state index in [2.05, 4.69) is 60.2 Å². The highest BCUT2D eigenvalue weighted by Gasteiger charge is 2.69. The summed E-state index contributed by atoms with van der Waals surface area (Å²) in [4.78, 5) is 4.59. The predicted molar refractivity (Wildman–Crippen MR) is 157 cm³/mol. The molecule has 0 spiro atoms. The third-order valence-corrected chi connectivity index (χ3v) is 9.58. The van der Waals surface area contributed by atoms with Gasteiger partial charge in [0.1, 0.15) is 5.75 Å². The molecule has 4 heterocycles. The lowest BCUT2D eigenvalue weighted by Gasteiger charge is -2.34. The molecule has 6 heteroatoms. The monoisotopic (exact) mass is 533 g/mol. The average molecular weight is 534 g/mol. The minimum Gasteiger partial charge on any atom is -0.493 e. The maximum atomic E-state index is 9.68. The van der Waals surface area contributed by atoms with E-state index in [0.717, 1.165) is 79.2 Å². The molecule has 0 radical (unpaired) electrons. The summed E-state index contributed by atoms with van der Waals surface area (Å²) in [6, 6.07) is 22.8. The number of anilines is 2. The summed E-state index contributed by atoms with van der Waals surface area (Å²) < 4.78 is 18.8. The summed E-state index contributed by atoms with van der Waals surface area (Å²) in [5, 5.41) is 11.7. The van der Waals surface area contributed by atoms with Gasteiger partial charge in [0.2, 0.25) is 0 Å². The second-order valence-electron chi connectivity index (χ2n) is 11.7. The molecule has 204 valence electrons. The molecule has 4 saturated heterocycles. The van der Waals surface area contributed by atoms with Crippen molar-refractivity contribution < 1.29 is 14.2 Å². The Kier molecular flexibility index (Phi) is 5.92. The topological polar surface area (TPSA) is 58.0 Å². The molecule has 4 aliphatic heterocycles. The third-order valence-electron chi connectivity index (χ3n) is 9.58. The Labute approximate surface area is 236 Å². The van der Waals surface area contributed by atoms with Crippen LogP contribution in [-0.2, 0) is 9.47 Å². The molecule has 4 atom stereocenters. The fourth-order valence-electron chi connectivity index (χ4n) is 7.77. The highest BCUT2D eigenvalue weighted by molar-refractivity contribution is 5.99. The number of fused-ring (bicyclic) bond motifs is 6. The van der Waals surface area contributed by atoms with Gasteiger partial charge in [0, 0.05) is 65.3 Å². The molecule has 0 aromatic heterocycles. The van der Waals surface area contributed by atoms with Crippen LogP contribution in [0.4, 0.5) is 11.4 Å². The van der Waals surface area contributed by atoms with Gasteiger partial charge in [-0.05, 0) is 44.0 Å². The van der Waals surface area contributed by atoms with Crippen molar-refractivity contribution in [3.8, 4) is 11.8 Å². The summed E-state index contributed by atoms with van der Waals surface area (Å²) >= 11 is 0. The van der Waals surface area contributed by atoms with E-state index in [1.54, 1.807) is 0 Å². The fourth-order valence-corrected chi connectivity index (χ4v) is 7.77. The van der Waals surface area contributed by atoms with E-state index in [1.165, 1.54) is 5.69 Å². The van der Waals surface area contributed by atoms with E-state index < -0.39 is 0 Å². The van der Waals surface area contributed by atoms with E-state index in [-0.39, 0.29) is 23.0 Å². The SMILES string of the molecule is C=C1[C@@H]2[C@H](C(=C)N1c1ccc(C#N)c3ccccc13)[C@@]1(C)CC[C@]2(CCOc2cccc(N3CCOCC3)c2)O1. The molecule has 6 nitrogen and oxygen atoms in total. The van der Waals surface area contributed by atoms with E-state index >= 15 is 0 Å². The van der Waals surface area contributed by atoms with Crippen molar-refractivity contribution in [1.82, 2.24) is 0 Å². The quantitative estimate of drug-likeness (QED) is 0.365. The Morgan fingerprint density at radius 1 is 0.975 bits per heavy atom. The van der Waals surface area contributed by atoms with Crippen LogP contribution in [0.3, 0.4) is 0 Å². The lowest BCUT2D eigenvalue weighted by Crippen LogP contribution is -2.39. The molecule has 2 bridgehead atoms. The number of benzene rings is 3.